The predicted molar refractivity (Wildman–Crippen MR) is 80.3 cm³/mol. The van der Waals surface area contributed by atoms with Gasteiger partial charge in [0.25, 0.3) is 0 Å². The van der Waals surface area contributed by atoms with Crippen LogP contribution in [0.3, 0.4) is 0 Å². The third-order valence-corrected chi connectivity index (χ3v) is 4.91. The zero-order valence-electron chi connectivity index (χ0n) is 10.4. The van der Waals surface area contributed by atoms with Gasteiger partial charge in [-0.2, -0.15) is 0 Å². The lowest BCUT2D eigenvalue weighted by Crippen LogP contribution is -2.20. The molecule has 3 heterocycles. The van der Waals surface area contributed by atoms with Crippen LogP contribution in [-0.2, 0) is 6.54 Å². The standard InChI is InChI=1S/C13H13BrN4S/c1-9(15-8-11-10(14)5-7-19-11)13-17-16-12-4-2-3-6-18(12)13/h2-7,9,15H,8H2,1H3. The van der Waals surface area contributed by atoms with Gasteiger partial charge >= 0.3 is 0 Å². The summed E-state index contributed by atoms with van der Waals surface area (Å²) in [4.78, 5) is 1.29. The van der Waals surface area contributed by atoms with Crippen molar-refractivity contribution in [2.75, 3.05) is 0 Å². The molecule has 98 valence electrons. The van der Waals surface area contributed by atoms with Crippen LogP contribution < -0.4 is 5.32 Å². The molecule has 4 nitrogen and oxygen atoms in total. The number of rotatable bonds is 4. The highest BCUT2D eigenvalue weighted by atomic mass is 79.9. The van der Waals surface area contributed by atoms with Crippen molar-refractivity contribution < 1.29 is 0 Å². The molecule has 0 saturated heterocycles. The molecule has 0 amide bonds. The number of halogens is 1. The van der Waals surface area contributed by atoms with E-state index in [9.17, 15) is 0 Å². The molecule has 1 unspecified atom stereocenters. The minimum atomic E-state index is 0.145. The fourth-order valence-electron chi connectivity index (χ4n) is 1.94. The molecule has 0 bridgehead atoms. The Balaban J connectivity index is 1.77. The van der Waals surface area contributed by atoms with E-state index in [0.29, 0.717) is 0 Å². The first-order chi connectivity index (χ1) is 9.25. The van der Waals surface area contributed by atoms with E-state index in [1.807, 2.05) is 28.8 Å². The maximum atomic E-state index is 4.26. The first-order valence-electron chi connectivity index (χ1n) is 6.00. The van der Waals surface area contributed by atoms with E-state index in [2.05, 4.69) is 49.8 Å². The van der Waals surface area contributed by atoms with Crippen LogP contribution in [0.25, 0.3) is 5.65 Å². The van der Waals surface area contributed by atoms with Gasteiger partial charge in [-0.1, -0.05) is 6.07 Å². The van der Waals surface area contributed by atoms with Crippen molar-refractivity contribution in [3.63, 3.8) is 0 Å². The van der Waals surface area contributed by atoms with Crippen molar-refractivity contribution in [3.05, 3.63) is 51.0 Å². The fourth-order valence-corrected chi connectivity index (χ4v) is 3.39. The lowest BCUT2D eigenvalue weighted by atomic mass is 10.3. The first kappa shape index (κ1) is 12.8. The lowest BCUT2D eigenvalue weighted by molar-refractivity contribution is 0.544. The molecule has 6 heteroatoms. The average molecular weight is 337 g/mol. The summed E-state index contributed by atoms with van der Waals surface area (Å²) in [5.74, 6) is 0.934. The highest BCUT2D eigenvalue weighted by Gasteiger charge is 2.13. The zero-order valence-corrected chi connectivity index (χ0v) is 12.8. The van der Waals surface area contributed by atoms with Crippen LogP contribution in [0.15, 0.2) is 40.3 Å². The van der Waals surface area contributed by atoms with E-state index in [-0.39, 0.29) is 6.04 Å². The van der Waals surface area contributed by atoms with Crippen LogP contribution in [0.1, 0.15) is 23.7 Å². The summed E-state index contributed by atoms with van der Waals surface area (Å²) in [5, 5.41) is 14.0. The fraction of sp³-hybridized carbons (Fsp3) is 0.231. The second-order valence-electron chi connectivity index (χ2n) is 4.28. The Kier molecular flexibility index (Phi) is 3.63. The second-order valence-corrected chi connectivity index (χ2v) is 6.14. The highest BCUT2D eigenvalue weighted by molar-refractivity contribution is 9.10. The van der Waals surface area contributed by atoms with Gasteiger partial charge in [-0.15, -0.1) is 21.5 Å². The molecular formula is C13H13BrN4S. The Hall–Kier alpha value is -1.24. The molecular weight excluding hydrogens is 324 g/mol. The monoisotopic (exact) mass is 336 g/mol. The topological polar surface area (TPSA) is 42.2 Å². The molecule has 0 fully saturated rings. The van der Waals surface area contributed by atoms with Gasteiger partial charge in [0.15, 0.2) is 11.5 Å². The Morgan fingerprint density at radius 3 is 3.05 bits per heavy atom. The van der Waals surface area contributed by atoms with Crippen molar-refractivity contribution in [3.8, 4) is 0 Å². The van der Waals surface area contributed by atoms with E-state index < -0.39 is 0 Å². The number of hydrogen-bond donors (Lipinski definition) is 1. The highest BCUT2D eigenvalue weighted by Crippen LogP contribution is 2.23. The Bertz CT molecular complexity index is 691. The van der Waals surface area contributed by atoms with Gasteiger partial charge in [0.1, 0.15) is 0 Å². The number of nitrogens with zero attached hydrogens (tertiary/aromatic N) is 3. The molecule has 1 atom stereocenters. The van der Waals surface area contributed by atoms with E-state index in [4.69, 9.17) is 0 Å². The van der Waals surface area contributed by atoms with Crippen LogP contribution >= 0.6 is 27.3 Å². The molecule has 3 rings (SSSR count). The molecule has 0 aromatic carbocycles. The molecule has 0 saturated carbocycles. The molecule has 0 aliphatic carbocycles. The summed E-state index contributed by atoms with van der Waals surface area (Å²) in [6, 6.07) is 8.13. The van der Waals surface area contributed by atoms with Crippen LogP contribution in [0, 0.1) is 0 Å². The summed E-state index contributed by atoms with van der Waals surface area (Å²) in [6.45, 7) is 2.92. The smallest absolute Gasteiger partial charge is 0.160 e. The molecule has 0 aliphatic rings. The molecule has 19 heavy (non-hydrogen) atoms. The van der Waals surface area contributed by atoms with Gasteiger partial charge in [0.2, 0.25) is 0 Å². The molecule has 3 aromatic heterocycles. The van der Waals surface area contributed by atoms with Crippen molar-refractivity contribution in [1.82, 2.24) is 19.9 Å². The van der Waals surface area contributed by atoms with Crippen molar-refractivity contribution in [1.29, 1.82) is 0 Å². The quantitative estimate of drug-likeness (QED) is 0.793. The van der Waals surface area contributed by atoms with Crippen LogP contribution in [-0.4, -0.2) is 14.6 Å². The van der Waals surface area contributed by atoms with Gasteiger partial charge in [-0.25, -0.2) is 0 Å². The van der Waals surface area contributed by atoms with Crippen molar-refractivity contribution in [2.45, 2.75) is 19.5 Å². The normalized spacial score (nSPS) is 12.9. The van der Waals surface area contributed by atoms with E-state index in [0.717, 1.165) is 22.5 Å². The van der Waals surface area contributed by atoms with Gasteiger partial charge in [-0.3, -0.25) is 4.40 Å². The summed E-state index contributed by atoms with van der Waals surface area (Å²) < 4.78 is 3.17. The molecule has 0 spiro atoms. The number of pyridine rings is 1. The third kappa shape index (κ3) is 2.56. The zero-order chi connectivity index (χ0) is 13.2. The molecule has 1 N–H and O–H groups in total. The summed E-state index contributed by atoms with van der Waals surface area (Å²) in [7, 11) is 0. The SMILES string of the molecule is CC(NCc1sccc1Br)c1nnc2ccccn12. The Morgan fingerprint density at radius 2 is 2.26 bits per heavy atom. The number of hydrogen-bond acceptors (Lipinski definition) is 4. The average Bonchev–Trinajstić information content (AvgIpc) is 3.02. The number of nitrogens with one attached hydrogen (secondary N) is 1. The Labute approximate surface area is 123 Å². The number of fused-ring (bicyclic) bond motifs is 1. The van der Waals surface area contributed by atoms with Gasteiger partial charge in [0, 0.05) is 22.1 Å². The van der Waals surface area contributed by atoms with E-state index >= 15 is 0 Å². The van der Waals surface area contributed by atoms with E-state index in [1.54, 1.807) is 11.3 Å². The van der Waals surface area contributed by atoms with Crippen molar-refractivity contribution >= 4 is 32.9 Å². The number of aromatic nitrogens is 3. The molecule has 3 aromatic rings. The second kappa shape index (κ2) is 5.40. The largest absolute Gasteiger partial charge is 0.303 e. The van der Waals surface area contributed by atoms with Gasteiger partial charge in [0.05, 0.1) is 6.04 Å². The lowest BCUT2D eigenvalue weighted by Gasteiger charge is -2.11. The minimum Gasteiger partial charge on any atom is -0.303 e. The van der Waals surface area contributed by atoms with Gasteiger partial charge < -0.3 is 5.32 Å². The van der Waals surface area contributed by atoms with Crippen LogP contribution in [0.2, 0.25) is 0 Å². The third-order valence-electron chi connectivity index (χ3n) is 2.99. The molecule has 0 radical (unpaired) electrons. The summed E-state index contributed by atoms with van der Waals surface area (Å²) in [6.07, 6.45) is 1.99. The van der Waals surface area contributed by atoms with Crippen molar-refractivity contribution in [2.24, 2.45) is 0 Å². The summed E-state index contributed by atoms with van der Waals surface area (Å²) in [5.41, 5.74) is 0.878. The molecule has 0 aliphatic heterocycles. The maximum Gasteiger partial charge on any atom is 0.160 e. The van der Waals surface area contributed by atoms with Crippen LogP contribution in [0.5, 0.6) is 0 Å². The predicted octanol–water partition coefficient (Wildman–Crippen LogP) is 3.40. The minimum absolute atomic E-state index is 0.145. The van der Waals surface area contributed by atoms with Gasteiger partial charge in [-0.05, 0) is 46.4 Å². The number of thiophene rings is 1. The first-order valence-corrected chi connectivity index (χ1v) is 7.68. The Morgan fingerprint density at radius 1 is 1.37 bits per heavy atom. The summed E-state index contributed by atoms with van der Waals surface area (Å²) >= 11 is 5.28. The van der Waals surface area contributed by atoms with Crippen LogP contribution in [0.4, 0.5) is 0 Å². The maximum absolute atomic E-state index is 4.26. The van der Waals surface area contributed by atoms with E-state index in [1.165, 1.54) is 4.88 Å².